The molecule has 0 spiro atoms. The van der Waals surface area contributed by atoms with Gasteiger partial charge in [-0.05, 0) is 69.4 Å². The highest BCUT2D eigenvalue weighted by molar-refractivity contribution is 5.96. The highest BCUT2D eigenvalue weighted by Gasteiger charge is 2.32. The maximum Gasteiger partial charge on any atom is 0.410 e. The first-order valence-electron chi connectivity index (χ1n) is 11.2. The van der Waals surface area contributed by atoms with E-state index in [-0.39, 0.29) is 18.0 Å². The lowest BCUT2D eigenvalue weighted by molar-refractivity contribution is -0.118. The van der Waals surface area contributed by atoms with E-state index in [9.17, 15) is 9.59 Å². The van der Waals surface area contributed by atoms with Crippen LogP contribution in [0.25, 0.3) is 11.1 Å². The molecule has 0 unspecified atom stereocenters. The van der Waals surface area contributed by atoms with Gasteiger partial charge in [-0.1, -0.05) is 6.07 Å². The number of aromatic nitrogens is 1. The predicted octanol–water partition coefficient (Wildman–Crippen LogP) is 4.44. The summed E-state index contributed by atoms with van der Waals surface area (Å²) in [6.07, 6.45) is 6.34. The molecule has 2 aromatic rings. The molecular weight excluding hydrogens is 406 g/mol. The van der Waals surface area contributed by atoms with Gasteiger partial charge in [0.2, 0.25) is 5.91 Å². The molecular formula is C25H31N3O4. The van der Waals surface area contributed by atoms with Crippen LogP contribution in [-0.4, -0.2) is 53.7 Å². The third-order valence-corrected chi connectivity index (χ3v) is 5.92. The Balaban J connectivity index is 1.44. The largest absolute Gasteiger partial charge is 0.490 e. The molecule has 1 fully saturated rings. The fraction of sp³-hybridized carbons (Fsp3) is 0.480. The molecule has 3 heterocycles. The van der Waals surface area contributed by atoms with Crippen LogP contribution in [0.2, 0.25) is 0 Å². The van der Waals surface area contributed by atoms with Crippen molar-refractivity contribution in [1.82, 2.24) is 9.88 Å². The number of nitrogens with zero attached hydrogens (tertiary/aromatic N) is 3. The topological polar surface area (TPSA) is 72.0 Å². The normalized spacial score (nSPS) is 18.5. The first kappa shape index (κ1) is 22.1. The van der Waals surface area contributed by atoms with Crippen molar-refractivity contribution in [3.63, 3.8) is 0 Å². The van der Waals surface area contributed by atoms with Crippen molar-refractivity contribution in [2.24, 2.45) is 0 Å². The average molecular weight is 438 g/mol. The number of benzene rings is 1. The smallest absolute Gasteiger partial charge is 0.410 e. The van der Waals surface area contributed by atoms with Crippen molar-refractivity contribution in [3.8, 4) is 16.9 Å². The van der Waals surface area contributed by atoms with E-state index in [1.54, 1.807) is 16.0 Å². The summed E-state index contributed by atoms with van der Waals surface area (Å²) < 4.78 is 11.6. The Morgan fingerprint density at radius 1 is 1.16 bits per heavy atom. The summed E-state index contributed by atoms with van der Waals surface area (Å²) in [7, 11) is 1.82. The molecule has 7 heteroatoms. The van der Waals surface area contributed by atoms with Crippen molar-refractivity contribution in [2.45, 2.75) is 58.1 Å². The molecule has 2 aliphatic rings. The van der Waals surface area contributed by atoms with E-state index in [4.69, 9.17) is 9.47 Å². The van der Waals surface area contributed by atoms with Gasteiger partial charge >= 0.3 is 6.09 Å². The van der Waals surface area contributed by atoms with Crippen molar-refractivity contribution >= 4 is 17.7 Å². The number of pyridine rings is 1. The van der Waals surface area contributed by atoms with Crippen LogP contribution in [0.4, 0.5) is 10.5 Å². The maximum atomic E-state index is 12.5. The Hall–Kier alpha value is -3.09. The molecule has 0 aliphatic carbocycles. The molecule has 1 atom stereocenters. The minimum atomic E-state index is -0.514. The SMILES string of the molecule is CN1C(=O)CCc2cc(-c3cncc(OC[C@@H]4CCCN4C(=O)OC(C)(C)C)c3)ccc21. The van der Waals surface area contributed by atoms with E-state index >= 15 is 0 Å². The van der Waals surface area contributed by atoms with Gasteiger partial charge in [0.15, 0.2) is 0 Å². The van der Waals surface area contributed by atoms with E-state index in [1.165, 1.54) is 0 Å². The van der Waals surface area contributed by atoms with Crippen molar-refractivity contribution in [3.05, 3.63) is 42.2 Å². The van der Waals surface area contributed by atoms with Crippen LogP contribution in [0, 0.1) is 0 Å². The van der Waals surface area contributed by atoms with E-state index in [2.05, 4.69) is 11.1 Å². The summed E-state index contributed by atoms with van der Waals surface area (Å²) in [5.74, 6) is 0.818. The second kappa shape index (κ2) is 8.81. The van der Waals surface area contributed by atoms with Gasteiger partial charge in [0.25, 0.3) is 0 Å². The second-order valence-corrected chi connectivity index (χ2v) is 9.49. The Bertz CT molecular complexity index is 1010. The summed E-state index contributed by atoms with van der Waals surface area (Å²) in [5, 5.41) is 0. The monoisotopic (exact) mass is 437 g/mol. The van der Waals surface area contributed by atoms with E-state index in [0.717, 1.165) is 41.6 Å². The van der Waals surface area contributed by atoms with Gasteiger partial charge in [-0.25, -0.2) is 4.79 Å². The Morgan fingerprint density at radius 3 is 2.75 bits per heavy atom. The number of hydrogen-bond acceptors (Lipinski definition) is 5. The number of likely N-dealkylation sites (tertiary alicyclic amines) is 1. The number of rotatable bonds is 4. The van der Waals surface area contributed by atoms with Crippen molar-refractivity contribution < 1.29 is 19.1 Å². The molecule has 4 rings (SSSR count). The number of amides is 2. The molecule has 170 valence electrons. The van der Waals surface area contributed by atoms with Crippen LogP contribution >= 0.6 is 0 Å². The summed E-state index contributed by atoms with van der Waals surface area (Å²) in [5.41, 5.74) is 3.62. The zero-order valence-corrected chi connectivity index (χ0v) is 19.3. The highest BCUT2D eigenvalue weighted by atomic mass is 16.6. The highest BCUT2D eigenvalue weighted by Crippen LogP contribution is 2.32. The van der Waals surface area contributed by atoms with E-state index in [1.807, 2.05) is 52.2 Å². The van der Waals surface area contributed by atoms with Gasteiger partial charge < -0.3 is 19.3 Å². The maximum absolute atomic E-state index is 12.5. The first-order chi connectivity index (χ1) is 15.2. The van der Waals surface area contributed by atoms with Gasteiger partial charge in [-0.15, -0.1) is 0 Å². The van der Waals surface area contributed by atoms with Crippen LogP contribution in [0.1, 0.15) is 45.6 Å². The molecule has 1 aromatic carbocycles. The Morgan fingerprint density at radius 2 is 1.97 bits per heavy atom. The zero-order valence-electron chi connectivity index (χ0n) is 19.3. The standard InChI is InChI=1S/C25H31N3O4/c1-25(2,3)32-24(30)28-11-5-6-20(28)16-31-21-13-19(14-26-15-21)17-7-9-22-18(12-17)8-10-23(29)27(22)4/h7,9,12-15,20H,5-6,8,10-11,16H2,1-4H3/t20-/m0/s1. The molecule has 0 N–H and O–H groups in total. The quantitative estimate of drug-likeness (QED) is 0.707. The summed E-state index contributed by atoms with van der Waals surface area (Å²) in [6, 6.07) is 8.09. The molecule has 1 saturated heterocycles. The van der Waals surface area contributed by atoms with E-state index < -0.39 is 5.60 Å². The molecule has 1 aromatic heterocycles. The zero-order chi connectivity index (χ0) is 22.9. The molecule has 7 nitrogen and oxygen atoms in total. The number of ether oxygens (including phenoxy) is 2. The fourth-order valence-electron chi connectivity index (χ4n) is 4.25. The number of carbonyl (C=O) groups is 2. The van der Waals surface area contributed by atoms with Gasteiger partial charge in [0, 0.05) is 37.5 Å². The molecule has 0 bridgehead atoms. The molecule has 2 amide bonds. The predicted molar refractivity (Wildman–Crippen MR) is 123 cm³/mol. The average Bonchev–Trinajstić information content (AvgIpc) is 3.23. The van der Waals surface area contributed by atoms with Gasteiger partial charge in [0.1, 0.15) is 18.0 Å². The molecule has 32 heavy (non-hydrogen) atoms. The lowest BCUT2D eigenvalue weighted by atomic mass is 9.97. The minimum absolute atomic E-state index is 0.00896. The van der Waals surface area contributed by atoms with Crippen LogP contribution in [-0.2, 0) is 16.0 Å². The van der Waals surface area contributed by atoms with Crippen molar-refractivity contribution in [2.75, 3.05) is 25.1 Å². The molecule has 0 saturated carbocycles. The fourth-order valence-corrected chi connectivity index (χ4v) is 4.25. The molecule has 2 aliphatic heterocycles. The number of fused-ring (bicyclic) bond motifs is 1. The Kier molecular flexibility index (Phi) is 6.09. The number of hydrogen-bond donors (Lipinski definition) is 0. The third-order valence-electron chi connectivity index (χ3n) is 5.92. The van der Waals surface area contributed by atoms with Crippen LogP contribution < -0.4 is 9.64 Å². The number of anilines is 1. The summed E-state index contributed by atoms with van der Waals surface area (Å²) in [4.78, 5) is 32.3. The van der Waals surface area contributed by atoms with Crippen LogP contribution in [0.15, 0.2) is 36.7 Å². The summed E-state index contributed by atoms with van der Waals surface area (Å²) in [6.45, 7) is 6.72. The Labute approximate surface area is 189 Å². The lowest BCUT2D eigenvalue weighted by Crippen LogP contribution is -2.42. The summed E-state index contributed by atoms with van der Waals surface area (Å²) >= 11 is 0. The van der Waals surface area contributed by atoms with E-state index in [0.29, 0.717) is 25.3 Å². The van der Waals surface area contributed by atoms with Gasteiger partial charge in [-0.2, -0.15) is 0 Å². The number of aryl methyl sites for hydroxylation is 1. The lowest BCUT2D eigenvalue weighted by Gasteiger charge is -2.28. The molecule has 0 radical (unpaired) electrons. The van der Waals surface area contributed by atoms with Crippen LogP contribution in [0.3, 0.4) is 0 Å². The van der Waals surface area contributed by atoms with Gasteiger partial charge in [-0.3, -0.25) is 9.78 Å². The van der Waals surface area contributed by atoms with Crippen LogP contribution in [0.5, 0.6) is 5.75 Å². The second-order valence-electron chi connectivity index (χ2n) is 9.49. The van der Waals surface area contributed by atoms with Gasteiger partial charge in [0.05, 0.1) is 12.2 Å². The third kappa shape index (κ3) is 4.87. The minimum Gasteiger partial charge on any atom is -0.490 e. The number of carbonyl (C=O) groups excluding carboxylic acids is 2. The van der Waals surface area contributed by atoms with Crippen molar-refractivity contribution in [1.29, 1.82) is 0 Å². The first-order valence-corrected chi connectivity index (χ1v) is 11.2.